The fourth-order valence-electron chi connectivity index (χ4n) is 2.35. The lowest BCUT2D eigenvalue weighted by atomic mass is 10.1. The number of hydrogen-bond donors (Lipinski definition) is 2. The predicted molar refractivity (Wildman–Crippen MR) is 105 cm³/mol. The number of rotatable bonds is 8. The third-order valence-electron chi connectivity index (χ3n) is 3.89. The van der Waals surface area contributed by atoms with Crippen LogP contribution in [-0.4, -0.2) is 20.9 Å². The molecule has 140 valence electrons. The Bertz CT molecular complexity index is 865. The topological polar surface area (TPSA) is 75.3 Å². The van der Waals surface area contributed by atoms with Crippen LogP contribution in [-0.2, 0) is 21.2 Å². The Morgan fingerprint density at radius 3 is 2.46 bits per heavy atom. The molecule has 0 fully saturated rings. The summed E-state index contributed by atoms with van der Waals surface area (Å²) in [4.78, 5) is 12.4. The Morgan fingerprint density at radius 1 is 1.12 bits per heavy atom. The van der Waals surface area contributed by atoms with Crippen molar-refractivity contribution >= 4 is 33.2 Å². The van der Waals surface area contributed by atoms with Crippen LogP contribution in [0.25, 0.3) is 0 Å². The van der Waals surface area contributed by atoms with Crippen molar-refractivity contribution in [3.8, 4) is 0 Å². The summed E-state index contributed by atoms with van der Waals surface area (Å²) in [6.45, 7) is 4.21. The summed E-state index contributed by atoms with van der Waals surface area (Å²) >= 11 is 5.95. The van der Waals surface area contributed by atoms with E-state index in [0.717, 1.165) is 17.5 Å². The molecule has 0 radical (unpaired) electrons. The molecule has 0 aliphatic heterocycles. The van der Waals surface area contributed by atoms with E-state index >= 15 is 0 Å². The minimum Gasteiger partial charge on any atom is -0.326 e. The number of aryl methyl sites for hydroxylation is 2. The molecule has 0 saturated heterocycles. The molecule has 2 N–H and O–H groups in total. The number of sulfonamides is 1. The van der Waals surface area contributed by atoms with Crippen LogP contribution >= 0.6 is 11.6 Å². The summed E-state index contributed by atoms with van der Waals surface area (Å²) < 4.78 is 26.6. The Labute approximate surface area is 159 Å². The predicted octanol–water partition coefficient (Wildman–Crippen LogP) is 3.91. The largest absolute Gasteiger partial charge is 0.326 e. The number of nitrogens with one attached hydrogen (secondary N) is 2. The van der Waals surface area contributed by atoms with E-state index in [0.29, 0.717) is 30.1 Å². The van der Waals surface area contributed by atoms with Crippen LogP contribution in [0.1, 0.15) is 30.9 Å². The molecular formula is C19H23ClN2O3S. The van der Waals surface area contributed by atoms with Crippen molar-refractivity contribution in [1.29, 1.82) is 0 Å². The zero-order chi connectivity index (χ0) is 19.2. The van der Waals surface area contributed by atoms with Gasteiger partial charge in [0.2, 0.25) is 15.9 Å². The lowest BCUT2D eigenvalue weighted by Crippen LogP contribution is -2.24. The molecule has 2 rings (SSSR count). The van der Waals surface area contributed by atoms with E-state index in [-0.39, 0.29) is 10.8 Å². The molecule has 0 aromatic heterocycles. The van der Waals surface area contributed by atoms with Gasteiger partial charge in [-0.1, -0.05) is 36.7 Å². The minimum absolute atomic E-state index is 0.114. The van der Waals surface area contributed by atoms with Gasteiger partial charge in [-0.15, -0.1) is 0 Å². The summed E-state index contributed by atoms with van der Waals surface area (Å²) in [5.74, 6) is -0.114. The molecule has 0 unspecified atom stereocenters. The normalized spacial score (nSPS) is 11.3. The summed E-state index contributed by atoms with van der Waals surface area (Å²) in [5, 5.41) is 3.42. The van der Waals surface area contributed by atoms with Crippen LogP contribution in [0.5, 0.6) is 0 Å². The monoisotopic (exact) mass is 394 g/mol. The van der Waals surface area contributed by atoms with E-state index < -0.39 is 10.0 Å². The van der Waals surface area contributed by atoms with Crippen LogP contribution in [0.4, 0.5) is 5.69 Å². The highest BCUT2D eigenvalue weighted by Gasteiger charge is 2.13. The maximum Gasteiger partial charge on any atom is 0.240 e. The van der Waals surface area contributed by atoms with Crippen molar-refractivity contribution < 1.29 is 13.2 Å². The third kappa shape index (κ3) is 5.83. The number of amides is 1. The number of carbonyl (C=O) groups is 1. The van der Waals surface area contributed by atoms with Crippen LogP contribution in [0.2, 0.25) is 5.02 Å². The van der Waals surface area contributed by atoms with Crippen molar-refractivity contribution in [2.24, 2.45) is 0 Å². The van der Waals surface area contributed by atoms with Crippen molar-refractivity contribution in [3.63, 3.8) is 0 Å². The molecular weight excluding hydrogens is 372 g/mol. The Hall–Kier alpha value is -1.89. The van der Waals surface area contributed by atoms with Gasteiger partial charge in [0.15, 0.2) is 0 Å². The highest BCUT2D eigenvalue weighted by atomic mass is 35.5. The first-order chi connectivity index (χ1) is 12.3. The summed E-state index contributed by atoms with van der Waals surface area (Å²) in [5.41, 5.74) is 2.54. The molecule has 26 heavy (non-hydrogen) atoms. The average molecular weight is 395 g/mol. The van der Waals surface area contributed by atoms with Gasteiger partial charge in [-0.2, -0.15) is 0 Å². The molecule has 1 amide bonds. The van der Waals surface area contributed by atoms with Gasteiger partial charge in [-0.05, 0) is 55.2 Å². The Kier molecular flexibility index (Phi) is 7.20. The second kappa shape index (κ2) is 9.16. The molecule has 0 atom stereocenters. The minimum atomic E-state index is -3.46. The third-order valence-corrected chi connectivity index (χ3v) is 5.60. The number of carbonyl (C=O) groups excluding carboxylic acids is 1. The van der Waals surface area contributed by atoms with Gasteiger partial charge in [-0.25, -0.2) is 13.1 Å². The first-order valence-corrected chi connectivity index (χ1v) is 10.3. The van der Waals surface area contributed by atoms with E-state index in [4.69, 9.17) is 11.6 Å². The first kappa shape index (κ1) is 20.4. The average Bonchev–Trinajstić information content (AvgIpc) is 2.62. The lowest BCUT2D eigenvalue weighted by molar-refractivity contribution is -0.116. The van der Waals surface area contributed by atoms with Crippen LogP contribution in [0.15, 0.2) is 47.4 Å². The molecule has 0 aliphatic rings. The van der Waals surface area contributed by atoms with Gasteiger partial charge in [0.25, 0.3) is 0 Å². The SMILES string of the molecule is CCCNS(=O)(=O)c1ccc(CCC(=O)Nc2cc(Cl)ccc2C)cc1. The van der Waals surface area contributed by atoms with Crippen molar-refractivity contribution in [3.05, 3.63) is 58.6 Å². The highest BCUT2D eigenvalue weighted by Crippen LogP contribution is 2.20. The van der Waals surface area contributed by atoms with Gasteiger partial charge in [0.1, 0.15) is 0 Å². The molecule has 0 heterocycles. The summed E-state index contributed by atoms with van der Waals surface area (Å²) in [6.07, 6.45) is 1.55. The molecule has 5 nitrogen and oxygen atoms in total. The van der Waals surface area contributed by atoms with Gasteiger partial charge < -0.3 is 5.32 Å². The van der Waals surface area contributed by atoms with E-state index in [1.807, 2.05) is 19.9 Å². The second-order valence-electron chi connectivity index (χ2n) is 6.05. The molecule has 0 bridgehead atoms. The van der Waals surface area contributed by atoms with E-state index in [1.165, 1.54) is 0 Å². The van der Waals surface area contributed by atoms with Gasteiger partial charge in [0.05, 0.1) is 4.90 Å². The van der Waals surface area contributed by atoms with E-state index in [2.05, 4.69) is 10.0 Å². The van der Waals surface area contributed by atoms with E-state index in [1.54, 1.807) is 36.4 Å². The fourth-order valence-corrected chi connectivity index (χ4v) is 3.66. The molecule has 0 aliphatic carbocycles. The van der Waals surface area contributed by atoms with Crippen LogP contribution in [0.3, 0.4) is 0 Å². The van der Waals surface area contributed by atoms with Crippen molar-refractivity contribution in [2.45, 2.75) is 38.0 Å². The molecule has 2 aromatic rings. The zero-order valence-electron chi connectivity index (χ0n) is 14.9. The second-order valence-corrected chi connectivity index (χ2v) is 8.25. The van der Waals surface area contributed by atoms with Crippen LogP contribution in [0, 0.1) is 6.92 Å². The molecule has 0 saturated carbocycles. The summed E-state index contributed by atoms with van der Waals surface area (Å²) in [7, 11) is -3.46. The fraction of sp³-hybridized carbons (Fsp3) is 0.316. The molecule has 7 heteroatoms. The first-order valence-electron chi connectivity index (χ1n) is 8.46. The zero-order valence-corrected chi connectivity index (χ0v) is 16.5. The van der Waals surface area contributed by atoms with Crippen molar-refractivity contribution in [2.75, 3.05) is 11.9 Å². The standard InChI is InChI=1S/C19H23ClN2O3S/c1-3-12-21-26(24,25)17-9-5-15(6-10-17)7-11-19(23)22-18-13-16(20)8-4-14(18)2/h4-6,8-10,13,21H,3,7,11-12H2,1-2H3,(H,22,23). The van der Waals surface area contributed by atoms with Gasteiger partial charge in [0, 0.05) is 23.7 Å². The highest BCUT2D eigenvalue weighted by molar-refractivity contribution is 7.89. The Morgan fingerprint density at radius 2 is 1.81 bits per heavy atom. The van der Waals surface area contributed by atoms with Crippen molar-refractivity contribution in [1.82, 2.24) is 4.72 Å². The van der Waals surface area contributed by atoms with Gasteiger partial charge in [-0.3, -0.25) is 4.79 Å². The Balaban J connectivity index is 1.93. The maximum absolute atomic E-state index is 12.1. The quantitative estimate of drug-likeness (QED) is 0.712. The molecule has 2 aromatic carbocycles. The number of benzene rings is 2. The smallest absolute Gasteiger partial charge is 0.240 e. The number of halogens is 1. The number of anilines is 1. The summed E-state index contributed by atoms with van der Waals surface area (Å²) in [6, 6.07) is 11.9. The lowest BCUT2D eigenvalue weighted by Gasteiger charge is -2.09. The molecule has 0 spiro atoms. The van der Waals surface area contributed by atoms with E-state index in [9.17, 15) is 13.2 Å². The maximum atomic E-state index is 12.1. The van der Waals surface area contributed by atoms with Gasteiger partial charge >= 0.3 is 0 Å². The van der Waals surface area contributed by atoms with Crippen LogP contribution < -0.4 is 10.0 Å². The number of hydrogen-bond acceptors (Lipinski definition) is 3.